The Morgan fingerprint density at radius 1 is 1.35 bits per heavy atom. The molecular formula is C13H22N6O. The lowest BCUT2D eigenvalue weighted by Gasteiger charge is -2.26. The average molecular weight is 278 g/mol. The first-order chi connectivity index (χ1) is 9.69. The van der Waals surface area contributed by atoms with Crippen LogP contribution in [0.3, 0.4) is 0 Å². The second kappa shape index (κ2) is 7.04. The van der Waals surface area contributed by atoms with Crippen LogP contribution in [0.4, 0.5) is 11.8 Å². The van der Waals surface area contributed by atoms with Crippen molar-refractivity contribution in [2.75, 3.05) is 30.4 Å². The number of piperidine rings is 1. The predicted molar refractivity (Wildman–Crippen MR) is 78.1 cm³/mol. The van der Waals surface area contributed by atoms with E-state index in [1.165, 1.54) is 6.42 Å². The summed E-state index contributed by atoms with van der Waals surface area (Å²) in [7, 11) is 0. The number of aryl methyl sites for hydroxylation is 1. The summed E-state index contributed by atoms with van der Waals surface area (Å²) >= 11 is 0. The molecule has 1 fully saturated rings. The number of carbonyl (C=O) groups excluding carboxylic acids is 1. The molecule has 1 aromatic heterocycles. The minimum absolute atomic E-state index is 0.208. The monoisotopic (exact) mass is 278 g/mol. The van der Waals surface area contributed by atoms with E-state index in [0.29, 0.717) is 24.7 Å². The molecular weight excluding hydrogens is 256 g/mol. The first-order valence-corrected chi connectivity index (χ1v) is 7.03. The summed E-state index contributed by atoms with van der Waals surface area (Å²) in [6, 6.07) is 1.83. The summed E-state index contributed by atoms with van der Waals surface area (Å²) < 4.78 is 0. The number of nitrogens with zero attached hydrogens (tertiary/aromatic N) is 3. The van der Waals surface area contributed by atoms with Crippen molar-refractivity contribution in [3.05, 3.63) is 11.8 Å². The number of nitrogens with one attached hydrogen (secondary N) is 2. The lowest BCUT2D eigenvalue weighted by molar-refractivity contribution is -0.131. The minimum Gasteiger partial charge on any atom is -0.369 e. The second-order valence-electron chi connectivity index (χ2n) is 4.98. The fraction of sp³-hybridized carbons (Fsp3) is 0.615. The highest BCUT2D eigenvalue weighted by Gasteiger charge is 2.15. The van der Waals surface area contributed by atoms with Gasteiger partial charge in [-0.2, -0.15) is 4.98 Å². The van der Waals surface area contributed by atoms with Crippen LogP contribution < -0.4 is 16.6 Å². The number of likely N-dealkylation sites (tertiary alicyclic amines) is 1. The molecule has 1 amide bonds. The Kier molecular flexibility index (Phi) is 5.11. The molecule has 1 aromatic rings. The zero-order valence-electron chi connectivity index (χ0n) is 11.9. The first kappa shape index (κ1) is 14.5. The number of nitrogen functional groups attached to an aromatic ring is 1. The van der Waals surface area contributed by atoms with Gasteiger partial charge in [-0.25, -0.2) is 10.8 Å². The molecule has 0 unspecified atom stereocenters. The number of nitrogens with two attached hydrogens (primary N) is 1. The standard InChI is InChI=1S/C13H22N6O/c1-10-9-11(17-13(16-10)18-14)15-6-5-12(20)19-7-3-2-4-8-19/h9H,2-8,14H2,1H3,(H2,15,16,17,18). The molecule has 0 aromatic carbocycles. The van der Waals surface area contributed by atoms with Gasteiger partial charge in [0.25, 0.3) is 0 Å². The molecule has 2 rings (SSSR count). The smallest absolute Gasteiger partial charge is 0.239 e. The van der Waals surface area contributed by atoms with Crippen molar-refractivity contribution >= 4 is 17.7 Å². The Hall–Kier alpha value is -1.89. The van der Waals surface area contributed by atoms with E-state index < -0.39 is 0 Å². The van der Waals surface area contributed by atoms with Crippen molar-refractivity contribution in [2.24, 2.45) is 5.84 Å². The van der Waals surface area contributed by atoms with Crippen LogP contribution >= 0.6 is 0 Å². The molecule has 7 nitrogen and oxygen atoms in total. The highest BCUT2D eigenvalue weighted by atomic mass is 16.2. The van der Waals surface area contributed by atoms with E-state index in [2.05, 4.69) is 20.7 Å². The number of hydrazine groups is 1. The van der Waals surface area contributed by atoms with Crippen LogP contribution in [0.5, 0.6) is 0 Å². The number of hydrogen-bond acceptors (Lipinski definition) is 6. The van der Waals surface area contributed by atoms with Gasteiger partial charge < -0.3 is 10.2 Å². The maximum atomic E-state index is 12.0. The normalized spacial score (nSPS) is 15.0. The Labute approximate surface area is 118 Å². The molecule has 0 saturated carbocycles. The van der Waals surface area contributed by atoms with E-state index >= 15 is 0 Å². The highest BCUT2D eigenvalue weighted by Crippen LogP contribution is 2.11. The molecule has 110 valence electrons. The maximum Gasteiger partial charge on any atom is 0.239 e. The molecule has 7 heteroatoms. The Bertz CT molecular complexity index is 458. The van der Waals surface area contributed by atoms with Crippen molar-refractivity contribution in [3.8, 4) is 0 Å². The van der Waals surface area contributed by atoms with E-state index in [1.807, 2.05) is 17.9 Å². The van der Waals surface area contributed by atoms with E-state index in [9.17, 15) is 4.79 Å². The summed E-state index contributed by atoms with van der Waals surface area (Å²) in [4.78, 5) is 22.2. The summed E-state index contributed by atoms with van der Waals surface area (Å²) in [5.41, 5.74) is 3.24. The van der Waals surface area contributed by atoms with Gasteiger partial charge in [-0.1, -0.05) is 0 Å². The average Bonchev–Trinajstić information content (AvgIpc) is 2.47. The molecule has 1 aliphatic rings. The Morgan fingerprint density at radius 3 is 2.80 bits per heavy atom. The van der Waals surface area contributed by atoms with E-state index in [0.717, 1.165) is 31.6 Å². The number of amides is 1. The van der Waals surface area contributed by atoms with Crippen LogP contribution in [0.25, 0.3) is 0 Å². The molecule has 2 heterocycles. The molecule has 0 aliphatic carbocycles. The lowest BCUT2D eigenvalue weighted by Crippen LogP contribution is -2.36. The van der Waals surface area contributed by atoms with Crippen molar-refractivity contribution in [3.63, 3.8) is 0 Å². The summed E-state index contributed by atoms with van der Waals surface area (Å²) in [5.74, 6) is 6.55. The molecule has 0 bridgehead atoms. The number of aromatic nitrogens is 2. The zero-order valence-corrected chi connectivity index (χ0v) is 11.9. The van der Waals surface area contributed by atoms with Gasteiger partial charge in [0.2, 0.25) is 11.9 Å². The third-order valence-electron chi connectivity index (χ3n) is 3.34. The van der Waals surface area contributed by atoms with Crippen LogP contribution in [0.15, 0.2) is 6.07 Å². The molecule has 0 spiro atoms. The number of hydrogen-bond donors (Lipinski definition) is 3. The topological polar surface area (TPSA) is 96.2 Å². The molecule has 4 N–H and O–H groups in total. The predicted octanol–water partition coefficient (Wildman–Crippen LogP) is 0.885. The largest absolute Gasteiger partial charge is 0.369 e. The van der Waals surface area contributed by atoms with Crippen molar-refractivity contribution in [2.45, 2.75) is 32.6 Å². The van der Waals surface area contributed by atoms with Gasteiger partial charge in [0.05, 0.1) is 0 Å². The SMILES string of the molecule is Cc1cc(NCCC(=O)N2CCCCC2)nc(NN)n1. The van der Waals surface area contributed by atoms with Crippen molar-refractivity contribution in [1.29, 1.82) is 0 Å². The molecule has 20 heavy (non-hydrogen) atoms. The van der Waals surface area contributed by atoms with E-state index in [4.69, 9.17) is 5.84 Å². The van der Waals surface area contributed by atoms with Gasteiger partial charge in [0, 0.05) is 37.8 Å². The van der Waals surface area contributed by atoms with Gasteiger partial charge in [-0.05, 0) is 26.2 Å². The summed E-state index contributed by atoms with van der Waals surface area (Å²) in [6.07, 6.45) is 3.96. The molecule has 0 radical (unpaired) electrons. The van der Waals surface area contributed by atoms with Crippen LogP contribution in [0.1, 0.15) is 31.4 Å². The van der Waals surface area contributed by atoms with E-state index in [1.54, 1.807) is 0 Å². The van der Waals surface area contributed by atoms with Crippen LogP contribution in [-0.2, 0) is 4.79 Å². The fourth-order valence-corrected chi connectivity index (χ4v) is 2.32. The Morgan fingerprint density at radius 2 is 2.10 bits per heavy atom. The maximum absolute atomic E-state index is 12.0. The summed E-state index contributed by atoms with van der Waals surface area (Å²) in [6.45, 7) is 4.22. The molecule has 1 saturated heterocycles. The summed E-state index contributed by atoms with van der Waals surface area (Å²) in [5, 5.41) is 3.14. The molecule has 0 atom stereocenters. The lowest BCUT2D eigenvalue weighted by atomic mass is 10.1. The van der Waals surface area contributed by atoms with E-state index in [-0.39, 0.29) is 5.91 Å². The third-order valence-corrected chi connectivity index (χ3v) is 3.34. The minimum atomic E-state index is 0.208. The van der Waals surface area contributed by atoms with Gasteiger partial charge in [0.15, 0.2) is 0 Å². The number of rotatable bonds is 5. The quantitative estimate of drug-likeness (QED) is 0.546. The fourth-order valence-electron chi connectivity index (χ4n) is 2.32. The Balaban J connectivity index is 1.80. The van der Waals surface area contributed by atoms with Crippen molar-refractivity contribution in [1.82, 2.24) is 14.9 Å². The highest BCUT2D eigenvalue weighted by molar-refractivity contribution is 5.76. The molecule has 1 aliphatic heterocycles. The van der Waals surface area contributed by atoms with Crippen LogP contribution in [0, 0.1) is 6.92 Å². The number of carbonyl (C=O) groups is 1. The zero-order chi connectivity index (χ0) is 14.4. The number of anilines is 2. The third kappa shape index (κ3) is 4.06. The van der Waals surface area contributed by atoms with Crippen molar-refractivity contribution < 1.29 is 4.79 Å². The first-order valence-electron chi connectivity index (χ1n) is 7.03. The van der Waals surface area contributed by atoms with Crippen LogP contribution in [0.2, 0.25) is 0 Å². The van der Waals surface area contributed by atoms with Gasteiger partial charge in [-0.3, -0.25) is 10.2 Å². The van der Waals surface area contributed by atoms with Gasteiger partial charge in [0.1, 0.15) is 5.82 Å². The second-order valence-corrected chi connectivity index (χ2v) is 4.98. The van der Waals surface area contributed by atoms with Gasteiger partial charge >= 0.3 is 0 Å². The van der Waals surface area contributed by atoms with Crippen LogP contribution in [-0.4, -0.2) is 40.4 Å². The van der Waals surface area contributed by atoms with Gasteiger partial charge in [-0.15, -0.1) is 0 Å².